The molecule has 0 amide bonds. The molecule has 0 spiro atoms. The lowest BCUT2D eigenvalue weighted by Gasteiger charge is -2.24. The maximum atomic E-state index is 12.2. The minimum Gasteiger partial charge on any atom is -0.494 e. The Kier molecular flexibility index (Phi) is 5.81. The Morgan fingerprint density at radius 1 is 1.24 bits per heavy atom. The molecule has 0 fully saturated rings. The van der Waals surface area contributed by atoms with Crippen molar-refractivity contribution in [3.63, 3.8) is 0 Å². The van der Waals surface area contributed by atoms with Gasteiger partial charge in [-0.1, -0.05) is 29.8 Å². The molecule has 0 radical (unpaired) electrons. The first kappa shape index (κ1) is 19.0. The van der Waals surface area contributed by atoms with Crippen LogP contribution in [0.2, 0.25) is 5.02 Å². The molecule has 0 saturated heterocycles. The highest BCUT2D eigenvalue weighted by Crippen LogP contribution is 2.26. The van der Waals surface area contributed by atoms with Crippen LogP contribution < -0.4 is 11.2 Å². The van der Waals surface area contributed by atoms with Gasteiger partial charge >= 0.3 is 5.69 Å². The van der Waals surface area contributed by atoms with Crippen molar-refractivity contribution in [1.29, 1.82) is 0 Å². The van der Waals surface area contributed by atoms with Gasteiger partial charge in [0.2, 0.25) is 5.88 Å². The summed E-state index contributed by atoms with van der Waals surface area (Å²) in [6, 6.07) is 7.39. The van der Waals surface area contributed by atoms with E-state index in [1.165, 1.54) is 20.3 Å². The second-order valence-electron chi connectivity index (χ2n) is 5.94. The summed E-state index contributed by atoms with van der Waals surface area (Å²) in [4.78, 5) is 30.2. The molecule has 1 atom stereocenters. The van der Waals surface area contributed by atoms with E-state index in [0.717, 1.165) is 14.7 Å². The Bertz CT molecular complexity index is 915. The molecule has 0 bridgehead atoms. The largest absolute Gasteiger partial charge is 0.494 e. The van der Waals surface area contributed by atoms with Crippen molar-refractivity contribution >= 4 is 17.8 Å². The Balaban J connectivity index is 2.36. The van der Waals surface area contributed by atoms with E-state index >= 15 is 0 Å². The monoisotopic (exact) mass is 364 g/mol. The number of halogens is 1. The van der Waals surface area contributed by atoms with E-state index in [1.54, 1.807) is 0 Å². The van der Waals surface area contributed by atoms with Crippen LogP contribution in [0.4, 0.5) is 0 Å². The quantitative estimate of drug-likeness (QED) is 0.807. The molecule has 1 heterocycles. The minimum absolute atomic E-state index is 0.0266. The molecular formula is C17H21ClN4O3. The zero-order chi connectivity index (χ0) is 18.7. The van der Waals surface area contributed by atoms with Gasteiger partial charge in [0, 0.05) is 25.3 Å². The van der Waals surface area contributed by atoms with Crippen molar-refractivity contribution in [2.45, 2.75) is 6.04 Å². The molecule has 1 aromatic heterocycles. The topological polar surface area (TPSA) is 79.8 Å². The number of benzene rings is 1. The van der Waals surface area contributed by atoms with Gasteiger partial charge < -0.3 is 10.0 Å². The predicted molar refractivity (Wildman–Crippen MR) is 98.9 cm³/mol. The molecule has 2 aromatic rings. The number of aromatic nitrogens is 2. The summed E-state index contributed by atoms with van der Waals surface area (Å²) in [6.45, 7) is 0.335. The summed E-state index contributed by atoms with van der Waals surface area (Å²) in [5.74, 6) is -0.406. The van der Waals surface area contributed by atoms with Crippen LogP contribution >= 0.6 is 11.6 Å². The van der Waals surface area contributed by atoms with Crippen LogP contribution in [0.3, 0.4) is 0 Å². The number of likely N-dealkylation sites (N-methyl/N-ethyl adjacent to an activating group) is 1. The van der Waals surface area contributed by atoms with Crippen molar-refractivity contribution in [2.24, 2.45) is 19.1 Å². The fourth-order valence-corrected chi connectivity index (χ4v) is 2.76. The molecule has 8 heteroatoms. The molecule has 134 valence electrons. The van der Waals surface area contributed by atoms with Gasteiger partial charge in [-0.15, -0.1) is 0 Å². The van der Waals surface area contributed by atoms with Crippen LogP contribution in [0.1, 0.15) is 17.2 Å². The third-order valence-electron chi connectivity index (χ3n) is 4.05. The summed E-state index contributed by atoms with van der Waals surface area (Å²) >= 11 is 6.26. The SMILES string of the molecule is CN(C)[C@@H](CN=Cc1c(O)n(C)c(=O)n(C)c1=O)c1ccccc1Cl. The van der Waals surface area contributed by atoms with Crippen LogP contribution in [0.15, 0.2) is 38.8 Å². The average Bonchev–Trinajstić information content (AvgIpc) is 2.58. The van der Waals surface area contributed by atoms with Gasteiger partial charge in [-0.2, -0.15) is 0 Å². The number of aliphatic imine (C=N–C) groups is 1. The average molecular weight is 365 g/mol. The third-order valence-corrected chi connectivity index (χ3v) is 4.40. The highest BCUT2D eigenvalue weighted by Gasteiger charge is 2.17. The summed E-state index contributed by atoms with van der Waals surface area (Å²) in [5, 5.41) is 10.7. The molecule has 7 nitrogen and oxygen atoms in total. The number of hydrogen-bond acceptors (Lipinski definition) is 5. The van der Waals surface area contributed by atoms with E-state index < -0.39 is 17.1 Å². The highest BCUT2D eigenvalue weighted by atomic mass is 35.5. The van der Waals surface area contributed by atoms with E-state index in [2.05, 4.69) is 4.99 Å². The first-order valence-corrected chi connectivity index (χ1v) is 8.03. The van der Waals surface area contributed by atoms with E-state index in [0.29, 0.717) is 11.6 Å². The van der Waals surface area contributed by atoms with Crippen molar-refractivity contribution in [1.82, 2.24) is 14.0 Å². The zero-order valence-corrected chi connectivity index (χ0v) is 15.4. The fourth-order valence-electron chi connectivity index (χ4n) is 2.50. The second kappa shape index (κ2) is 7.67. The lowest BCUT2D eigenvalue weighted by molar-refractivity contribution is 0.307. The number of nitrogens with zero attached hydrogens (tertiary/aromatic N) is 4. The van der Waals surface area contributed by atoms with Crippen molar-refractivity contribution in [3.05, 3.63) is 61.3 Å². The van der Waals surface area contributed by atoms with Gasteiger partial charge in [0.05, 0.1) is 12.6 Å². The number of rotatable bonds is 5. The molecule has 0 aliphatic rings. The molecule has 0 unspecified atom stereocenters. The summed E-state index contributed by atoms with van der Waals surface area (Å²) in [5.41, 5.74) is -0.296. The van der Waals surface area contributed by atoms with E-state index in [4.69, 9.17) is 11.6 Å². The Hall–Kier alpha value is -2.38. The Morgan fingerprint density at radius 3 is 2.48 bits per heavy atom. The van der Waals surface area contributed by atoms with Gasteiger partial charge in [0.1, 0.15) is 5.56 Å². The van der Waals surface area contributed by atoms with Crippen LogP contribution in [0.5, 0.6) is 5.88 Å². The van der Waals surface area contributed by atoms with Crippen LogP contribution in [-0.2, 0) is 14.1 Å². The van der Waals surface area contributed by atoms with Crippen molar-refractivity contribution in [2.75, 3.05) is 20.6 Å². The van der Waals surface area contributed by atoms with Crippen LogP contribution in [-0.4, -0.2) is 46.0 Å². The van der Waals surface area contributed by atoms with Gasteiger partial charge in [-0.05, 0) is 25.7 Å². The molecule has 25 heavy (non-hydrogen) atoms. The maximum Gasteiger partial charge on any atom is 0.333 e. The summed E-state index contributed by atoms with van der Waals surface area (Å²) in [7, 11) is 6.56. The smallest absolute Gasteiger partial charge is 0.333 e. The lowest BCUT2D eigenvalue weighted by atomic mass is 10.1. The van der Waals surface area contributed by atoms with E-state index in [-0.39, 0.29) is 11.6 Å². The maximum absolute atomic E-state index is 12.2. The zero-order valence-electron chi connectivity index (χ0n) is 14.6. The standard InChI is InChI=1S/C17H21ClN4O3/c1-20(2)14(11-7-5-6-8-13(11)18)10-19-9-12-15(23)21(3)17(25)22(4)16(12)24/h5-9,14,23H,10H2,1-4H3/t14-/m0/s1. The molecule has 1 aromatic carbocycles. The molecule has 1 N–H and O–H groups in total. The summed E-state index contributed by atoms with van der Waals surface area (Å²) in [6.07, 6.45) is 1.30. The van der Waals surface area contributed by atoms with Gasteiger partial charge in [0.25, 0.3) is 5.56 Å². The van der Waals surface area contributed by atoms with Crippen molar-refractivity contribution in [3.8, 4) is 5.88 Å². The second-order valence-corrected chi connectivity index (χ2v) is 6.35. The number of aromatic hydroxyl groups is 1. The molecule has 2 rings (SSSR count). The molecular weight excluding hydrogens is 344 g/mol. The lowest BCUT2D eigenvalue weighted by Crippen LogP contribution is -2.38. The molecule has 0 aliphatic carbocycles. The fraction of sp³-hybridized carbons (Fsp3) is 0.353. The normalized spacial score (nSPS) is 12.9. The van der Waals surface area contributed by atoms with E-state index in [9.17, 15) is 14.7 Å². The van der Waals surface area contributed by atoms with Gasteiger partial charge in [-0.25, -0.2) is 4.79 Å². The van der Waals surface area contributed by atoms with Crippen LogP contribution in [0, 0.1) is 0 Å². The minimum atomic E-state index is -0.595. The van der Waals surface area contributed by atoms with Gasteiger partial charge in [0.15, 0.2) is 0 Å². The molecule has 0 aliphatic heterocycles. The highest BCUT2D eigenvalue weighted by molar-refractivity contribution is 6.31. The Labute approximate surface area is 150 Å². The first-order chi connectivity index (χ1) is 11.8. The first-order valence-electron chi connectivity index (χ1n) is 7.65. The van der Waals surface area contributed by atoms with Gasteiger partial charge in [-0.3, -0.25) is 18.9 Å². The summed E-state index contributed by atoms with van der Waals surface area (Å²) < 4.78 is 1.93. The number of hydrogen-bond donors (Lipinski definition) is 1. The van der Waals surface area contributed by atoms with E-state index in [1.807, 2.05) is 43.3 Å². The molecule has 0 saturated carbocycles. The van der Waals surface area contributed by atoms with Crippen LogP contribution in [0.25, 0.3) is 0 Å². The predicted octanol–water partition coefficient (Wildman–Crippen LogP) is 1.16. The third kappa shape index (κ3) is 3.83. The Morgan fingerprint density at radius 2 is 1.88 bits per heavy atom. The van der Waals surface area contributed by atoms with Crippen molar-refractivity contribution < 1.29 is 5.11 Å².